The van der Waals surface area contributed by atoms with Gasteiger partial charge in [-0.1, -0.05) is 30.3 Å². The molecule has 4 nitrogen and oxygen atoms in total. The van der Waals surface area contributed by atoms with Crippen molar-refractivity contribution in [3.8, 4) is 0 Å². The van der Waals surface area contributed by atoms with Gasteiger partial charge in [-0.15, -0.1) is 0 Å². The number of hydrogen-bond donors (Lipinski definition) is 1. The molecule has 0 aliphatic carbocycles. The van der Waals surface area contributed by atoms with Crippen molar-refractivity contribution in [2.24, 2.45) is 0 Å². The average Bonchev–Trinajstić information content (AvgIpc) is 2.17. The maximum atomic E-state index is 11.5. The Balaban J connectivity index is 2.71. The molecule has 0 aliphatic rings. The molecule has 0 amide bonds. The lowest BCUT2D eigenvalue weighted by Crippen LogP contribution is -2.21. The first-order valence-corrected chi connectivity index (χ1v) is 5.01. The molecule has 76 valence electrons. The van der Waals surface area contributed by atoms with Crippen molar-refractivity contribution < 1.29 is 17.7 Å². The van der Waals surface area contributed by atoms with Crippen LogP contribution in [0.3, 0.4) is 0 Å². The second kappa shape index (κ2) is 4.99. The first-order chi connectivity index (χ1) is 6.61. The molecule has 2 atom stereocenters. The molecule has 0 fully saturated rings. The second-order valence-electron chi connectivity index (χ2n) is 2.69. The average molecular weight is 214 g/mol. The molecule has 0 aliphatic heterocycles. The molecule has 0 spiro atoms. The Hall–Kier alpha value is -1.04. The fourth-order valence-corrected chi connectivity index (χ4v) is 1.34. The number of Topliss-reactive ketones (excluding diaryl/α,β-unsaturated/α-hetero) is 1. The maximum Gasteiger partial charge on any atom is 0.302 e. The lowest BCUT2D eigenvalue weighted by atomic mass is 10.1. The highest BCUT2D eigenvalue weighted by atomic mass is 32.2. The Morgan fingerprint density at radius 3 is 2.50 bits per heavy atom. The van der Waals surface area contributed by atoms with E-state index in [-0.39, 0.29) is 5.78 Å². The van der Waals surface area contributed by atoms with Crippen LogP contribution in [0.15, 0.2) is 30.3 Å². The number of hydrogen-bond acceptors (Lipinski definition) is 3. The van der Waals surface area contributed by atoms with Crippen LogP contribution in [0, 0.1) is 0 Å². The van der Waals surface area contributed by atoms with Gasteiger partial charge < -0.3 is 0 Å². The Morgan fingerprint density at radius 2 is 2.00 bits per heavy atom. The predicted octanol–water partition coefficient (Wildman–Crippen LogP) is 1.41. The lowest BCUT2D eigenvalue weighted by molar-refractivity contribution is 0.0823. The minimum Gasteiger partial charge on any atom is -0.291 e. The molecule has 2 unspecified atom stereocenters. The van der Waals surface area contributed by atoms with Crippen molar-refractivity contribution in [3.05, 3.63) is 35.9 Å². The summed E-state index contributed by atoms with van der Waals surface area (Å²) in [5.41, 5.74) is 0.463. The van der Waals surface area contributed by atoms with Gasteiger partial charge in [-0.05, 0) is 6.92 Å². The van der Waals surface area contributed by atoms with Gasteiger partial charge in [-0.2, -0.15) is 4.21 Å². The van der Waals surface area contributed by atoms with Crippen LogP contribution in [-0.2, 0) is 15.5 Å². The van der Waals surface area contributed by atoms with E-state index in [4.69, 9.17) is 4.55 Å². The molecule has 0 aromatic heterocycles. The predicted molar refractivity (Wildman–Crippen MR) is 52.1 cm³/mol. The van der Waals surface area contributed by atoms with Gasteiger partial charge in [0.25, 0.3) is 0 Å². The molecular formula is C9H10O4S. The van der Waals surface area contributed by atoms with Crippen LogP contribution in [0.2, 0.25) is 0 Å². The minimum atomic E-state index is -2.41. The number of carbonyl (C=O) groups is 1. The number of rotatable bonds is 4. The number of carbonyl (C=O) groups excluding carboxylic acids is 1. The summed E-state index contributed by atoms with van der Waals surface area (Å²) in [6.07, 6.45) is -0.914. The minimum absolute atomic E-state index is 0.312. The van der Waals surface area contributed by atoms with Crippen LogP contribution in [0.25, 0.3) is 0 Å². The zero-order chi connectivity index (χ0) is 10.6. The van der Waals surface area contributed by atoms with Crippen molar-refractivity contribution >= 4 is 17.1 Å². The van der Waals surface area contributed by atoms with Gasteiger partial charge in [-0.25, -0.2) is 0 Å². The largest absolute Gasteiger partial charge is 0.302 e. The van der Waals surface area contributed by atoms with Crippen LogP contribution in [0.1, 0.15) is 17.3 Å². The van der Waals surface area contributed by atoms with Gasteiger partial charge in [0, 0.05) is 5.56 Å². The van der Waals surface area contributed by atoms with Crippen LogP contribution >= 0.6 is 0 Å². The van der Waals surface area contributed by atoms with E-state index in [1.165, 1.54) is 6.92 Å². The number of ketones is 1. The fourth-order valence-electron chi connectivity index (χ4n) is 1.00. The van der Waals surface area contributed by atoms with E-state index in [1.807, 2.05) is 0 Å². The van der Waals surface area contributed by atoms with Gasteiger partial charge in [0.1, 0.15) is 6.10 Å². The Bertz CT molecular complexity index is 336. The SMILES string of the molecule is CC(OS(=O)O)C(=O)c1ccccc1. The van der Waals surface area contributed by atoms with Crippen molar-refractivity contribution in [1.29, 1.82) is 0 Å². The van der Waals surface area contributed by atoms with Gasteiger partial charge in [0.2, 0.25) is 0 Å². The van der Waals surface area contributed by atoms with E-state index >= 15 is 0 Å². The standard InChI is InChI=1S/C9H10O4S/c1-7(13-14(11)12)9(10)8-5-3-2-4-6-8/h2-7H,1H3,(H,11,12). The summed E-state index contributed by atoms with van der Waals surface area (Å²) in [4.78, 5) is 11.5. The summed E-state index contributed by atoms with van der Waals surface area (Å²) in [5.74, 6) is -0.312. The zero-order valence-corrected chi connectivity index (χ0v) is 8.36. The summed E-state index contributed by atoms with van der Waals surface area (Å²) in [6, 6.07) is 8.48. The fraction of sp³-hybridized carbons (Fsp3) is 0.222. The maximum absolute atomic E-state index is 11.5. The van der Waals surface area contributed by atoms with Gasteiger partial charge in [0.05, 0.1) is 0 Å². The molecular weight excluding hydrogens is 204 g/mol. The third-order valence-corrected chi connectivity index (χ3v) is 2.11. The van der Waals surface area contributed by atoms with Crippen LogP contribution in [0.5, 0.6) is 0 Å². The van der Waals surface area contributed by atoms with Crippen LogP contribution in [-0.4, -0.2) is 20.6 Å². The molecule has 0 saturated heterocycles. The Labute approximate surface area is 84.4 Å². The van der Waals surface area contributed by atoms with Gasteiger partial charge >= 0.3 is 11.4 Å². The second-order valence-corrected chi connectivity index (χ2v) is 3.31. The highest BCUT2D eigenvalue weighted by Crippen LogP contribution is 2.06. The van der Waals surface area contributed by atoms with E-state index in [0.717, 1.165) is 0 Å². The summed E-state index contributed by atoms with van der Waals surface area (Å²) < 4.78 is 23.1. The van der Waals surface area contributed by atoms with E-state index < -0.39 is 17.5 Å². The highest BCUT2D eigenvalue weighted by Gasteiger charge is 2.17. The van der Waals surface area contributed by atoms with Crippen molar-refractivity contribution in [1.82, 2.24) is 0 Å². The monoisotopic (exact) mass is 214 g/mol. The smallest absolute Gasteiger partial charge is 0.291 e. The van der Waals surface area contributed by atoms with Crippen molar-refractivity contribution in [2.45, 2.75) is 13.0 Å². The normalized spacial score (nSPS) is 14.7. The molecule has 14 heavy (non-hydrogen) atoms. The van der Waals surface area contributed by atoms with E-state index in [1.54, 1.807) is 30.3 Å². The lowest BCUT2D eigenvalue weighted by Gasteiger charge is -2.07. The third kappa shape index (κ3) is 3.02. The summed E-state index contributed by atoms with van der Waals surface area (Å²) in [6.45, 7) is 1.43. The first-order valence-electron chi connectivity index (χ1n) is 3.98. The van der Waals surface area contributed by atoms with Gasteiger partial charge in [0.15, 0.2) is 5.78 Å². The van der Waals surface area contributed by atoms with E-state index in [2.05, 4.69) is 4.18 Å². The Morgan fingerprint density at radius 1 is 1.43 bits per heavy atom. The first kappa shape index (κ1) is 11.0. The van der Waals surface area contributed by atoms with Crippen LogP contribution < -0.4 is 0 Å². The molecule has 0 heterocycles. The molecule has 1 rings (SSSR count). The van der Waals surface area contributed by atoms with Gasteiger partial charge in [-0.3, -0.25) is 13.5 Å². The quantitative estimate of drug-likeness (QED) is 0.608. The number of benzene rings is 1. The summed E-state index contributed by atoms with van der Waals surface area (Å²) in [5, 5.41) is 0. The summed E-state index contributed by atoms with van der Waals surface area (Å²) >= 11 is -2.41. The van der Waals surface area contributed by atoms with Crippen molar-refractivity contribution in [2.75, 3.05) is 0 Å². The van der Waals surface area contributed by atoms with Crippen molar-refractivity contribution in [3.63, 3.8) is 0 Å². The molecule has 1 aromatic carbocycles. The topological polar surface area (TPSA) is 63.6 Å². The van der Waals surface area contributed by atoms with E-state index in [9.17, 15) is 9.00 Å². The summed E-state index contributed by atoms with van der Waals surface area (Å²) in [7, 11) is 0. The third-order valence-electron chi connectivity index (χ3n) is 1.65. The molecule has 0 saturated carbocycles. The molecule has 1 N–H and O–H groups in total. The zero-order valence-electron chi connectivity index (χ0n) is 7.54. The molecule has 5 heteroatoms. The Kier molecular flexibility index (Phi) is 3.94. The highest BCUT2D eigenvalue weighted by molar-refractivity contribution is 7.74. The molecule has 1 aromatic rings. The molecule has 0 bridgehead atoms. The molecule has 0 radical (unpaired) electrons. The van der Waals surface area contributed by atoms with Crippen LogP contribution in [0.4, 0.5) is 0 Å². The van der Waals surface area contributed by atoms with E-state index in [0.29, 0.717) is 5.56 Å².